The molecule has 0 bridgehead atoms. The van der Waals surface area contributed by atoms with Gasteiger partial charge in [-0.1, -0.05) is 0 Å². The van der Waals surface area contributed by atoms with E-state index in [1.54, 1.807) is 6.92 Å². The molecule has 0 aliphatic heterocycles. The number of methoxy groups -OCH3 is 1. The normalized spacial score (nSPS) is 17.6. The van der Waals surface area contributed by atoms with Crippen LogP contribution < -0.4 is 5.73 Å². The summed E-state index contributed by atoms with van der Waals surface area (Å²) in [5, 5.41) is 0. The molecule has 0 saturated carbocycles. The molecule has 0 aliphatic rings. The van der Waals surface area contributed by atoms with Crippen LogP contribution in [0.5, 0.6) is 0 Å². The molecular weight excluding hydrogens is 170 g/mol. The quantitative estimate of drug-likeness (QED) is 0.646. The van der Waals surface area contributed by atoms with E-state index in [-0.39, 0.29) is 6.10 Å². The number of hydrogen-bond acceptors (Lipinski definition) is 4. The number of carbonyl (C=O) groups is 1. The number of nitrogens with two attached hydrogens (primary N) is 1. The van der Waals surface area contributed by atoms with Gasteiger partial charge in [0.15, 0.2) is 0 Å². The molecule has 2 unspecified atom stereocenters. The lowest BCUT2D eigenvalue weighted by Crippen LogP contribution is -2.48. The predicted octanol–water partition coefficient (Wildman–Crippen LogP) is 0.692. The van der Waals surface area contributed by atoms with E-state index in [9.17, 15) is 4.79 Å². The topological polar surface area (TPSA) is 61.5 Å². The molecule has 4 nitrogen and oxygen atoms in total. The van der Waals surface area contributed by atoms with Crippen LogP contribution in [0.3, 0.4) is 0 Å². The van der Waals surface area contributed by atoms with Crippen molar-refractivity contribution in [3.63, 3.8) is 0 Å². The van der Waals surface area contributed by atoms with Gasteiger partial charge in [-0.3, -0.25) is 4.79 Å². The Labute approximate surface area is 79.4 Å². The van der Waals surface area contributed by atoms with Crippen LogP contribution in [0.2, 0.25) is 0 Å². The summed E-state index contributed by atoms with van der Waals surface area (Å²) in [5.74, 6) is -0.404. The van der Waals surface area contributed by atoms with Crippen molar-refractivity contribution in [2.24, 2.45) is 5.73 Å². The number of carbonyl (C=O) groups excluding carboxylic acids is 1. The van der Waals surface area contributed by atoms with Gasteiger partial charge in [0.05, 0.1) is 13.2 Å². The first-order valence-electron chi connectivity index (χ1n) is 4.43. The molecule has 2 atom stereocenters. The molecule has 0 amide bonds. The highest BCUT2D eigenvalue weighted by atomic mass is 16.5. The molecule has 2 N–H and O–H groups in total. The number of rotatable bonds is 5. The summed E-state index contributed by atoms with van der Waals surface area (Å²) in [6.45, 7) is 6.06. The molecule has 0 spiro atoms. The first-order chi connectivity index (χ1) is 5.94. The largest absolute Gasteiger partial charge is 0.468 e. The molecule has 0 radical (unpaired) electrons. The maximum absolute atomic E-state index is 11.2. The molecule has 0 fully saturated rings. The smallest absolute Gasteiger partial charge is 0.325 e. The third-order valence-corrected chi connectivity index (χ3v) is 1.81. The summed E-state index contributed by atoms with van der Waals surface area (Å²) in [7, 11) is 1.33. The van der Waals surface area contributed by atoms with Crippen LogP contribution in [0.1, 0.15) is 27.2 Å². The van der Waals surface area contributed by atoms with Crippen LogP contribution in [0.25, 0.3) is 0 Å². The van der Waals surface area contributed by atoms with Crippen LogP contribution in [-0.4, -0.2) is 31.3 Å². The Kier molecular flexibility index (Phi) is 4.95. The molecule has 0 saturated heterocycles. The summed E-state index contributed by atoms with van der Waals surface area (Å²) >= 11 is 0. The van der Waals surface area contributed by atoms with Crippen molar-refractivity contribution in [3.8, 4) is 0 Å². The van der Waals surface area contributed by atoms with Gasteiger partial charge in [0.25, 0.3) is 0 Å². The minimum atomic E-state index is -0.955. The Balaban J connectivity index is 4.07. The van der Waals surface area contributed by atoms with Gasteiger partial charge in [-0.25, -0.2) is 0 Å². The van der Waals surface area contributed by atoms with E-state index < -0.39 is 11.5 Å². The second-order valence-corrected chi connectivity index (χ2v) is 3.38. The van der Waals surface area contributed by atoms with E-state index in [0.717, 1.165) is 0 Å². The van der Waals surface area contributed by atoms with Crippen molar-refractivity contribution in [2.45, 2.75) is 38.8 Å². The Hall–Kier alpha value is -0.610. The lowest BCUT2D eigenvalue weighted by molar-refractivity contribution is -0.147. The lowest BCUT2D eigenvalue weighted by atomic mass is 9.96. The number of esters is 1. The molecule has 0 aromatic rings. The van der Waals surface area contributed by atoms with Gasteiger partial charge in [-0.05, 0) is 20.8 Å². The highest BCUT2D eigenvalue weighted by Crippen LogP contribution is 2.12. The van der Waals surface area contributed by atoms with Crippen molar-refractivity contribution in [1.82, 2.24) is 0 Å². The van der Waals surface area contributed by atoms with E-state index >= 15 is 0 Å². The molecule has 0 aromatic heterocycles. The Morgan fingerprint density at radius 1 is 1.62 bits per heavy atom. The predicted molar refractivity (Wildman–Crippen MR) is 50.3 cm³/mol. The van der Waals surface area contributed by atoms with Crippen LogP contribution in [0, 0.1) is 0 Å². The van der Waals surface area contributed by atoms with Crippen LogP contribution in [0.15, 0.2) is 0 Å². The Bertz CT molecular complexity index is 168. The van der Waals surface area contributed by atoms with Crippen LogP contribution in [0.4, 0.5) is 0 Å². The van der Waals surface area contributed by atoms with Gasteiger partial charge in [-0.2, -0.15) is 0 Å². The fourth-order valence-corrected chi connectivity index (χ4v) is 1.26. The minimum absolute atomic E-state index is 0.0286. The van der Waals surface area contributed by atoms with Crippen molar-refractivity contribution in [1.29, 1.82) is 0 Å². The Morgan fingerprint density at radius 2 is 2.15 bits per heavy atom. The zero-order valence-electron chi connectivity index (χ0n) is 8.79. The highest BCUT2D eigenvalue weighted by Gasteiger charge is 2.31. The Morgan fingerprint density at radius 3 is 2.54 bits per heavy atom. The third-order valence-electron chi connectivity index (χ3n) is 1.81. The lowest BCUT2D eigenvalue weighted by Gasteiger charge is -2.24. The van der Waals surface area contributed by atoms with Gasteiger partial charge in [0.1, 0.15) is 5.54 Å². The molecule has 0 aliphatic carbocycles. The fourth-order valence-electron chi connectivity index (χ4n) is 1.26. The van der Waals surface area contributed by atoms with Crippen molar-refractivity contribution in [2.75, 3.05) is 13.7 Å². The van der Waals surface area contributed by atoms with Gasteiger partial charge in [-0.15, -0.1) is 0 Å². The van der Waals surface area contributed by atoms with Crippen LogP contribution in [-0.2, 0) is 14.3 Å². The first kappa shape index (κ1) is 12.4. The zero-order valence-corrected chi connectivity index (χ0v) is 8.79. The van der Waals surface area contributed by atoms with Gasteiger partial charge < -0.3 is 15.2 Å². The summed E-state index contributed by atoms with van der Waals surface area (Å²) in [6.07, 6.45) is 0.437. The summed E-state index contributed by atoms with van der Waals surface area (Å²) in [4.78, 5) is 11.2. The van der Waals surface area contributed by atoms with Crippen LogP contribution >= 0.6 is 0 Å². The first-order valence-corrected chi connectivity index (χ1v) is 4.43. The van der Waals surface area contributed by atoms with Crippen molar-refractivity contribution < 1.29 is 14.3 Å². The third kappa shape index (κ3) is 4.24. The SMILES string of the molecule is CCOC(C)CC(C)(N)C(=O)OC. The summed E-state index contributed by atoms with van der Waals surface area (Å²) in [5.41, 5.74) is 4.79. The van der Waals surface area contributed by atoms with Gasteiger partial charge in [0, 0.05) is 13.0 Å². The molecular formula is C9H19NO3. The van der Waals surface area contributed by atoms with E-state index in [0.29, 0.717) is 13.0 Å². The van der Waals surface area contributed by atoms with Crippen molar-refractivity contribution in [3.05, 3.63) is 0 Å². The minimum Gasteiger partial charge on any atom is -0.468 e. The second kappa shape index (κ2) is 5.19. The molecule has 4 heteroatoms. The fraction of sp³-hybridized carbons (Fsp3) is 0.889. The average molecular weight is 189 g/mol. The van der Waals surface area contributed by atoms with E-state index in [2.05, 4.69) is 4.74 Å². The molecule has 13 heavy (non-hydrogen) atoms. The van der Waals surface area contributed by atoms with Gasteiger partial charge >= 0.3 is 5.97 Å². The number of ether oxygens (including phenoxy) is 2. The maximum Gasteiger partial charge on any atom is 0.325 e. The monoisotopic (exact) mass is 189 g/mol. The number of hydrogen-bond donors (Lipinski definition) is 1. The maximum atomic E-state index is 11.2. The molecule has 78 valence electrons. The average Bonchev–Trinajstić information content (AvgIpc) is 2.02. The second-order valence-electron chi connectivity index (χ2n) is 3.38. The van der Waals surface area contributed by atoms with Crippen molar-refractivity contribution >= 4 is 5.97 Å². The molecule has 0 rings (SSSR count). The zero-order chi connectivity index (χ0) is 10.5. The molecule has 0 heterocycles. The van der Waals surface area contributed by atoms with E-state index in [4.69, 9.17) is 10.5 Å². The highest BCUT2D eigenvalue weighted by molar-refractivity contribution is 5.79. The molecule has 0 aromatic carbocycles. The van der Waals surface area contributed by atoms with Gasteiger partial charge in [0.2, 0.25) is 0 Å². The van der Waals surface area contributed by atoms with E-state index in [1.807, 2.05) is 13.8 Å². The summed E-state index contributed by atoms with van der Waals surface area (Å²) in [6, 6.07) is 0. The standard InChI is InChI=1S/C9H19NO3/c1-5-13-7(2)6-9(3,10)8(11)12-4/h7H,5-6,10H2,1-4H3. The summed E-state index contributed by atoms with van der Waals surface area (Å²) < 4.78 is 9.86. The van der Waals surface area contributed by atoms with E-state index in [1.165, 1.54) is 7.11 Å².